The summed E-state index contributed by atoms with van der Waals surface area (Å²) in [6.07, 6.45) is 1.67. The van der Waals surface area contributed by atoms with E-state index in [-0.39, 0.29) is 5.41 Å². The molecule has 0 saturated carbocycles. The molecule has 0 radical (unpaired) electrons. The summed E-state index contributed by atoms with van der Waals surface area (Å²) in [7, 11) is 3.20. The van der Waals surface area contributed by atoms with Crippen LogP contribution in [-0.2, 0) is 5.41 Å². The lowest BCUT2D eigenvalue weighted by atomic mass is 9.87. The van der Waals surface area contributed by atoms with Gasteiger partial charge in [0.2, 0.25) is 0 Å². The van der Waals surface area contributed by atoms with Gasteiger partial charge in [-0.3, -0.25) is 5.01 Å². The van der Waals surface area contributed by atoms with Crippen LogP contribution in [0.1, 0.15) is 26.3 Å². The molecule has 0 unspecified atom stereocenters. The summed E-state index contributed by atoms with van der Waals surface area (Å²) >= 11 is 1.45. The number of ether oxygens (including phenoxy) is 2. The fourth-order valence-corrected chi connectivity index (χ4v) is 3.10. The fourth-order valence-electron chi connectivity index (χ4n) is 2.39. The minimum absolute atomic E-state index is 0.127. The van der Waals surface area contributed by atoms with Gasteiger partial charge in [-0.1, -0.05) is 44.7 Å². The van der Waals surface area contributed by atoms with E-state index in [2.05, 4.69) is 45.0 Å². The first-order valence-corrected chi connectivity index (χ1v) is 9.08. The van der Waals surface area contributed by atoms with Crippen LogP contribution in [0.2, 0.25) is 0 Å². The molecule has 6 heteroatoms. The molecule has 0 spiro atoms. The predicted octanol–water partition coefficient (Wildman–Crippen LogP) is 4.23. The van der Waals surface area contributed by atoms with Crippen LogP contribution in [0.3, 0.4) is 0 Å². The molecule has 0 aromatic heterocycles. The Bertz CT molecular complexity index is 768. The lowest BCUT2D eigenvalue weighted by Gasteiger charge is -2.20. The third kappa shape index (κ3) is 5.09. The second-order valence-corrected chi connectivity index (χ2v) is 8.00. The molecule has 0 fully saturated rings. The highest BCUT2D eigenvalue weighted by molar-refractivity contribution is 8.03. The van der Waals surface area contributed by atoms with Crippen LogP contribution in [0.5, 0.6) is 11.5 Å². The second-order valence-electron chi connectivity index (χ2n) is 6.85. The van der Waals surface area contributed by atoms with Crippen molar-refractivity contribution in [2.24, 2.45) is 11.6 Å². The zero-order valence-electron chi connectivity index (χ0n) is 15.9. The summed E-state index contributed by atoms with van der Waals surface area (Å²) < 4.78 is 10.6. The maximum absolute atomic E-state index is 6.16. The highest BCUT2D eigenvalue weighted by Crippen LogP contribution is 2.32. The van der Waals surface area contributed by atoms with Crippen molar-refractivity contribution in [2.75, 3.05) is 19.2 Å². The molecule has 2 aromatic carbocycles. The second kappa shape index (κ2) is 8.38. The third-order valence-corrected chi connectivity index (χ3v) is 4.74. The zero-order valence-corrected chi connectivity index (χ0v) is 16.8. The van der Waals surface area contributed by atoms with E-state index in [9.17, 15) is 0 Å². The highest BCUT2D eigenvalue weighted by Gasteiger charge is 2.13. The average Bonchev–Trinajstić information content (AvgIpc) is 2.60. The van der Waals surface area contributed by atoms with Gasteiger partial charge in [-0.25, -0.2) is 5.84 Å². The zero-order chi connectivity index (χ0) is 19.3. The van der Waals surface area contributed by atoms with E-state index in [4.69, 9.17) is 21.1 Å². The Morgan fingerprint density at radius 2 is 1.69 bits per heavy atom. The first kappa shape index (κ1) is 20.0. The standard InChI is InChI=1S/C20H27N3O2S/c1-20(2,3)14-6-9-16(10-7-14)26-19(21)13-23(22)17-12-15(24-4)8-11-18(17)25-5/h6-13H,21-22H2,1-5H3/b19-13+. The predicted molar refractivity (Wildman–Crippen MR) is 109 cm³/mol. The number of hydrogen-bond donors (Lipinski definition) is 2. The van der Waals surface area contributed by atoms with Gasteiger partial charge in [0.05, 0.1) is 25.4 Å². The van der Waals surface area contributed by atoms with Crippen molar-refractivity contribution in [2.45, 2.75) is 31.1 Å². The molecule has 5 nitrogen and oxygen atoms in total. The van der Waals surface area contributed by atoms with Crippen LogP contribution >= 0.6 is 11.8 Å². The van der Waals surface area contributed by atoms with Crippen molar-refractivity contribution < 1.29 is 9.47 Å². The summed E-state index contributed by atoms with van der Waals surface area (Å²) in [5.41, 5.74) is 8.24. The molecule has 0 heterocycles. The van der Waals surface area contributed by atoms with E-state index < -0.39 is 0 Å². The van der Waals surface area contributed by atoms with E-state index >= 15 is 0 Å². The average molecular weight is 374 g/mol. The van der Waals surface area contributed by atoms with Gasteiger partial charge in [0.1, 0.15) is 17.2 Å². The Hall–Kier alpha value is -2.31. The van der Waals surface area contributed by atoms with E-state index in [0.717, 1.165) is 4.90 Å². The molecular weight excluding hydrogens is 346 g/mol. The number of hydrogen-bond acceptors (Lipinski definition) is 6. The van der Waals surface area contributed by atoms with Gasteiger partial charge >= 0.3 is 0 Å². The Labute approximate surface area is 159 Å². The van der Waals surface area contributed by atoms with Crippen molar-refractivity contribution in [3.63, 3.8) is 0 Å². The SMILES string of the molecule is COc1ccc(OC)c(N(N)/C=C(\N)Sc2ccc(C(C)(C)C)cc2)c1. The van der Waals surface area contributed by atoms with Crippen molar-refractivity contribution in [3.05, 3.63) is 59.3 Å². The van der Waals surface area contributed by atoms with Gasteiger partial charge in [0, 0.05) is 11.0 Å². The van der Waals surface area contributed by atoms with E-state index in [0.29, 0.717) is 22.2 Å². The summed E-state index contributed by atoms with van der Waals surface area (Å²) in [6.45, 7) is 6.58. The molecule has 4 N–H and O–H groups in total. The largest absolute Gasteiger partial charge is 0.497 e. The van der Waals surface area contributed by atoms with Crippen LogP contribution in [0, 0.1) is 0 Å². The van der Waals surface area contributed by atoms with Crippen LogP contribution in [0.15, 0.2) is 58.6 Å². The molecule has 0 aliphatic rings. The van der Waals surface area contributed by atoms with Crippen molar-refractivity contribution in [1.82, 2.24) is 0 Å². The van der Waals surface area contributed by atoms with Crippen LogP contribution in [0.4, 0.5) is 5.69 Å². The van der Waals surface area contributed by atoms with E-state index in [1.165, 1.54) is 22.3 Å². The molecule has 140 valence electrons. The first-order chi connectivity index (χ1) is 12.2. The number of anilines is 1. The number of thioether (sulfide) groups is 1. The third-order valence-electron chi connectivity index (χ3n) is 3.89. The number of nitrogens with zero attached hydrogens (tertiary/aromatic N) is 1. The monoisotopic (exact) mass is 373 g/mol. The first-order valence-electron chi connectivity index (χ1n) is 8.26. The van der Waals surface area contributed by atoms with Gasteiger partial charge < -0.3 is 15.2 Å². The maximum Gasteiger partial charge on any atom is 0.144 e. The van der Waals surface area contributed by atoms with Gasteiger partial charge in [0.15, 0.2) is 0 Å². The summed E-state index contributed by atoms with van der Waals surface area (Å²) in [5.74, 6) is 7.48. The number of nitrogens with two attached hydrogens (primary N) is 2. The Morgan fingerprint density at radius 3 is 2.23 bits per heavy atom. The topological polar surface area (TPSA) is 73.7 Å². The molecule has 0 amide bonds. The molecule has 2 rings (SSSR count). The molecule has 0 saturated heterocycles. The maximum atomic E-state index is 6.16. The molecule has 0 bridgehead atoms. The molecule has 26 heavy (non-hydrogen) atoms. The molecule has 0 aliphatic carbocycles. The fraction of sp³-hybridized carbons (Fsp3) is 0.300. The Balaban J connectivity index is 2.16. The summed E-state index contributed by atoms with van der Waals surface area (Å²) in [6, 6.07) is 13.8. The van der Waals surface area contributed by atoms with Gasteiger partial charge in [-0.05, 0) is 35.2 Å². The normalized spacial score (nSPS) is 12.0. The van der Waals surface area contributed by atoms with Crippen molar-refractivity contribution in [3.8, 4) is 11.5 Å². The number of rotatable bonds is 6. The molecule has 0 aliphatic heterocycles. The summed E-state index contributed by atoms with van der Waals surface area (Å²) in [4.78, 5) is 1.05. The van der Waals surface area contributed by atoms with Crippen molar-refractivity contribution in [1.29, 1.82) is 0 Å². The smallest absolute Gasteiger partial charge is 0.144 e. The minimum atomic E-state index is 0.127. The number of methoxy groups -OCH3 is 2. The van der Waals surface area contributed by atoms with Gasteiger partial charge in [-0.15, -0.1) is 0 Å². The van der Waals surface area contributed by atoms with E-state index in [1.54, 1.807) is 32.6 Å². The minimum Gasteiger partial charge on any atom is -0.497 e. The molecule has 0 atom stereocenters. The Kier molecular flexibility index (Phi) is 6.45. The molecule has 2 aromatic rings. The van der Waals surface area contributed by atoms with Crippen LogP contribution < -0.4 is 26.1 Å². The van der Waals surface area contributed by atoms with Gasteiger partial charge in [0.25, 0.3) is 0 Å². The van der Waals surface area contributed by atoms with Gasteiger partial charge in [-0.2, -0.15) is 0 Å². The molecular formula is C20H27N3O2S. The van der Waals surface area contributed by atoms with Crippen LogP contribution in [0.25, 0.3) is 0 Å². The highest BCUT2D eigenvalue weighted by atomic mass is 32.2. The Morgan fingerprint density at radius 1 is 1.04 bits per heavy atom. The van der Waals surface area contributed by atoms with Crippen LogP contribution in [-0.4, -0.2) is 14.2 Å². The van der Waals surface area contributed by atoms with Crippen molar-refractivity contribution >= 4 is 17.4 Å². The number of hydrazine groups is 1. The lowest BCUT2D eigenvalue weighted by molar-refractivity contribution is 0.403. The quantitative estimate of drug-likeness (QED) is 0.448. The van der Waals surface area contributed by atoms with E-state index in [1.807, 2.05) is 6.07 Å². The number of benzene rings is 2. The lowest BCUT2D eigenvalue weighted by Crippen LogP contribution is -2.26. The summed E-state index contributed by atoms with van der Waals surface area (Å²) in [5, 5.41) is 2.01.